The maximum Gasteiger partial charge on any atom is 0.418 e. The van der Waals surface area contributed by atoms with E-state index in [2.05, 4.69) is 29.7 Å². The van der Waals surface area contributed by atoms with Gasteiger partial charge in [0.2, 0.25) is 6.20 Å². The summed E-state index contributed by atoms with van der Waals surface area (Å²) in [6.45, 7) is 5.08. The van der Waals surface area contributed by atoms with Crippen LogP contribution in [-0.4, -0.2) is 93.7 Å². The lowest BCUT2D eigenvalue weighted by Gasteiger charge is -2.50. The first-order valence-electron chi connectivity index (χ1n) is 14.0. The molecule has 1 aromatic carbocycles. The van der Waals surface area contributed by atoms with Gasteiger partial charge in [-0.05, 0) is 45.0 Å². The molecule has 2 fully saturated rings. The van der Waals surface area contributed by atoms with Gasteiger partial charge in [0.25, 0.3) is 17.9 Å². The third-order valence-electron chi connectivity index (χ3n) is 7.68. The van der Waals surface area contributed by atoms with Gasteiger partial charge in [0, 0.05) is 17.8 Å². The summed E-state index contributed by atoms with van der Waals surface area (Å²) in [4.78, 5) is 47.0. The van der Waals surface area contributed by atoms with Crippen molar-refractivity contribution >= 4 is 61.3 Å². The number of nitrogens with one attached hydrogen (secondary N) is 2. The number of nitrogens with two attached hydrogens (primary N) is 1. The van der Waals surface area contributed by atoms with Crippen molar-refractivity contribution in [3.05, 3.63) is 35.5 Å². The molecule has 20 heteroatoms. The van der Waals surface area contributed by atoms with Gasteiger partial charge in [-0.1, -0.05) is 5.16 Å². The van der Waals surface area contributed by atoms with Crippen molar-refractivity contribution in [3.63, 3.8) is 0 Å². The van der Waals surface area contributed by atoms with E-state index in [4.69, 9.17) is 19.9 Å². The molecule has 2 aliphatic rings. The predicted molar refractivity (Wildman–Crippen MR) is 161 cm³/mol. The Morgan fingerprint density at radius 1 is 1.37 bits per heavy atom. The van der Waals surface area contributed by atoms with Crippen molar-refractivity contribution < 1.29 is 51.0 Å². The number of ether oxygens (including phenoxy) is 1. The number of β-lactam (4-membered cyclic amide) rings is 1. The van der Waals surface area contributed by atoms with E-state index >= 15 is 0 Å². The van der Waals surface area contributed by atoms with E-state index in [9.17, 15) is 27.9 Å². The molecule has 0 aliphatic carbocycles. The molecule has 0 bridgehead atoms. The molecule has 248 valence electrons. The first kappa shape index (κ1) is 33.0. The standard InChI is InChI=1S/C26H32N8O10S2/c1-26(2)21(23(36)34(26)44-46(39,40)41)30-22(35)20(17-13-45-25(27)29-17)31-43-19(24(37)38)12-42-16-4-5-18-15(8-16)11-33(32(18)3)10-14-6-7-28-9-14/h4-5,8,11,13-14,19,21,28H,6-7,9-10,12H2,1-3H3,(H4-,27,29,30,35,37,38,39,40,41)/p+1/b31-20-/t14-,19?,21-/m1/s1. The Bertz CT molecular complexity index is 1800. The number of rotatable bonds is 13. The number of benzene rings is 1. The first-order valence-corrected chi connectivity index (χ1v) is 16.2. The third kappa shape index (κ3) is 7.04. The van der Waals surface area contributed by atoms with Crippen LogP contribution in [0.15, 0.2) is 34.9 Å². The van der Waals surface area contributed by atoms with Crippen molar-refractivity contribution in [2.45, 2.75) is 44.5 Å². The van der Waals surface area contributed by atoms with Gasteiger partial charge in [0.15, 0.2) is 17.4 Å². The zero-order valence-corrected chi connectivity index (χ0v) is 26.6. The Balaban J connectivity index is 1.29. The molecule has 1 unspecified atom stereocenters. The number of aromatic nitrogens is 3. The van der Waals surface area contributed by atoms with E-state index in [-0.39, 0.29) is 10.8 Å². The highest BCUT2D eigenvalue weighted by molar-refractivity contribution is 7.80. The predicted octanol–water partition coefficient (Wildman–Crippen LogP) is -0.793. The number of carbonyl (C=O) groups excluding carboxylic acids is 2. The quantitative estimate of drug-likeness (QED) is 0.0489. The van der Waals surface area contributed by atoms with Crippen LogP contribution in [0.4, 0.5) is 5.13 Å². The molecule has 18 nitrogen and oxygen atoms in total. The number of aryl methyl sites for hydroxylation is 1. The molecule has 3 aromatic rings. The Labute approximate surface area is 266 Å². The number of thiazole rings is 1. The number of nitrogen functional groups attached to an aromatic ring is 1. The molecule has 2 aliphatic heterocycles. The van der Waals surface area contributed by atoms with Crippen LogP contribution in [0.25, 0.3) is 10.9 Å². The number of hydrogen-bond acceptors (Lipinski definition) is 13. The molecule has 0 spiro atoms. The Hall–Kier alpha value is -4.37. The largest absolute Gasteiger partial charge is 0.489 e. The van der Waals surface area contributed by atoms with Crippen molar-refractivity contribution in [1.82, 2.24) is 25.4 Å². The first-order chi connectivity index (χ1) is 21.6. The Morgan fingerprint density at radius 2 is 2.13 bits per heavy atom. The van der Waals surface area contributed by atoms with E-state index in [1.807, 2.05) is 24.0 Å². The van der Waals surface area contributed by atoms with Crippen LogP contribution in [0, 0.1) is 5.92 Å². The van der Waals surface area contributed by atoms with Crippen molar-refractivity contribution in [2.75, 3.05) is 25.4 Å². The van der Waals surface area contributed by atoms with E-state index in [1.54, 1.807) is 12.1 Å². The molecule has 0 saturated carbocycles. The van der Waals surface area contributed by atoms with Gasteiger partial charge in [0.05, 0.1) is 18.0 Å². The summed E-state index contributed by atoms with van der Waals surface area (Å²) in [6.07, 6.45) is 1.44. The zero-order chi connectivity index (χ0) is 33.4. The van der Waals surface area contributed by atoms with Gasteiger partial charge in [-0.3, -0.25) is 14.1 Å². The number of amides is 2. The molecular weight excluding hydrogens is 648 g/mol. The summed E-state index contributed by atoms with van der Waals surface area (Å²) in [5, 5.41) is 22.0. The van der Waals surface area contributed by atoms with E-state index in [1.165, 1.54) is 19.2 Å². The van der Waals surface area contributed by atoms with Crippen molar-refractivity contribution in [2.24, 2.45) is 18.1 Å². The third-order valence-corrected chi connectivity index (χ3v) is 8.69. The van der Waals surface area contributed by atoms with Crippen LogP contribution < -0.4 is 25.8 Å². The summed E-state index contributed by atoms with van der Waals surface area (Å²) >= 11 is 0.969. The molecule has 4 heterocycles. The van der Waals surface area contributed by atoms with Gasteiger partial charge in [-0.2, -0.15) is 18.2 Å². The summed E-state index contributed by atoms with van der Waals surface area (Å²) in [7, 11) is -3.05. The normalized spacial score (nSPS) is 20.4. The Kier molecular flexibility index (Phi) is 9.18. The second-order valence-electron chi connectivity index (χ2n) is 11.3. The monoisotopic (exact) mass is 681 g/mol. The number of oxime groups is 1. The summed E-state index contributed by atoms with van der Waals surface area (Å²) in [5.74, 6) is -2.51. The fourth-order valence-electron chi connectivity index (χ4n) is 5.17. The fraction of sp³-hybridized carbons (Fsp3) is 0.462. The lowest BCUT2D eigenvalue weighted by atomic mass is 9.84. The maximum atomic E-state index is 13.2. The number of fused-ring (bicyclic) bond motifs is 1. The highest BCUT2D eigenvalue weighted by atomic mass is 32.3. The van der Waals surface area contributed by atoms with Crippen molar-refractivity contribution in [1.29, 1.82) is 0 Å². The number of aliphatic carboxylic acids is 1. The van der Waals surface area contributed by atoms with Crippen molar-refractivity contribution in [3.8, 4) is 5.75 Å². The number of carbonyl (C=O) groups is 3. The highest BCUT2D eigenvalue weighted by Crippen LogP contribution is 2.33. The summed E-state index contributed by atoms with van der Waals surface area (Å²) < 4.78 is 45.4. The smallest absolute Gasteiger partial charge is 0.418 e. The molecule has 5 rings (SSSR count). The van der Waals surface area contributed by atoms with Crippen LogP contribution in [0.5, 0.6) is 5.75 Å². The van der Waals surface area contributed by atoms with Crippen LogP contribution in [0.1, 0.15) is 26.0 Å². The minimum Gasteiger partial charge on any atom is -0.489 e. The minimum absolute atomic E-state index is 0.0685. The van der Waals surface area contributed by atoms with Gasteiger partial charge < -0.3 is 31.0 Å². The number of hydrogen-bond donors (Lipinski definition) is 5. The molecule has 46 heavy (non-hydrogen) atoms. The molecule has 6 N–H and O–H groups in total. The number of nitrogens with zero attached hydrogens (tertiary/aromatic N) is 5. The average molecular weight is 682 g/mol. The lowest BCUT2D eigenvalue weighted by Crippen LogP contribution is -2.76. The zero-order valence-electron chi connectivity index (χ0n) is 24.9. The summed E-state index contributed by atoms with van der Waals surface area (Å²) in [5.41, 5.74) is 4.67. The average Bonchev–Trinajstić information content (AvgIpc) is 3.73. The molecule has 0 radical (unpaired) electrons. The SMILES string of the molecule is Cn1c2ccc(OCC(O/N=C(\C(=O)N[C@@H]3C(=O)N(OS(=O)(=O)O)C3(C)C)c3csc(N)n3)C(=O)O)cc2c[n+]1C[C@@H]1CCNC1. The van der Waals surface area contributed by atoms with Gasteiger partial charge in [-0.25, -0.2) is 9.78 Å². The topological polar surface area (TPSA) is 241 Å². The van der Waals surface area contributed by atoms with E-state index in [0.29, 0.717) is 16.7 Å². The van der Waals surface area contributed by atoms with E-state index in [0.717, 1.165) is 48.3 Å². The van der Waals surface area contributed by atoms with Gasteiger partial charge >= 0.3 is 16.4 Å². The van der Waals surface area contributed by atoms with Crippen LogP contribution in [-0.2, 0) is 47.5 Å². The van der Waals surface area contributed by atoms with Crippen LogP contribution >= 0.6 is 11.3 Å². The summed E-state index contributed by atoms with van der Waals surface area (Å²) in [6, 6.07) is 4.03. The number of carboxylic acid groups (broad SMARTS) is 1. The van der Waals surface area contributed by atoms with Gasteiger partial charge in [0.1, 0.15) is 29.6 Å². The fourth-order valence-corrected chi connectivity index (χ4v) is 6.17. The second kappa shape index (κ2) is 12.8. The number of anilines is 1. The minimum atomic E-state index is -5.01. The van der Waals surface area contributed by atoms with Gasteiger partial charge in [-0.15, -0.1) is 20.3 Å². The molecular formula is C26H33N8O10S2+. The van der Waals surface area contributed by atoms with Crippen LogP contribution in [0.2, 0.25) is 0 Å². The molecule has 2 aromatic heterocycles. The number of hydroxylamine groups is 2. The number of carboxylic acids is 1. The molecule has 2 saturated heterocycles. The lowest BCUT2D eigenvalue weighted by molar-refractivity contribution is -0.775. The van der Waals surface area contributed by atoms with E-state index < -0.39 is 58.2 Å². The van der Waals surface area contributed by atoms with Crippen LogP contribution in [0.3, 0.4) is 0 Å². The molecule has 2 amide bonds. The second-order valence-corrected chi connectivity index (χ2v) is 13.2. The molecule has 3 atom stereocenters. The maximum absolute atomic E-state index is 13.2. The highest BCUT2D eigenvalue weighted by Gasteiger charge is 2.58. The Morgan fingerprint density at radius 3 is 2.74 bits per heavy atom.